The minimum absolute atomic E-state index is 0.181. The van der Waals surface area contributed by atoms with Crippen LogP contribution in [0.15, 0.2) is 60.7 Å². The molecule has 3 aromatic rings. The summed E-state index contributed by atoms with van der Waals surface area (Å²) in [6.07, 6.45) is 0. The zero-order valence-electron chi connectivity index (χ0n) is 13.2. The van der Waals surface area contributed by atoms with Gasteiger partial charge in [-0.2, -0.15) is 0 Å². The van der Waals surface area contributed by atoms with Gasteiger partial charge in [0.2, 0.25) is 0 Å². The van der Waals surface area contributed by atoms with Crippen molar-refractivity contribution in [3.05, 3.63) is 83.2 Å². The SMILES string of the molecule is Cc1ccc(-c2ccc(-c3ccc(C)c(C)c3)cc2F)cc1. The molecule has 0 unspecified atom stereocenters. The topological polar surface area (TPSA) is 0 Å². The fourth-order valence-corrected chi connectivity index (χ4v) is 2.58. The molecule has 0 saturated heterocycles. The van der Waals surface area contributed by atoms with Crippen LogP contribution in [0, 0.1) is 26.6 Å². The maximum atomic E-state index is 14.5. The third-order valence-corrected chi connectivity index (χ3v) is 4.17. The third kappa shape index (κ3) is 2.80. The highest BCUT2D eigenvalue weighted by Gasteiger charge is 2.08. The summed E-state index contributed by atoms with van der Waals surface area (Å²) < 4.78 is 14.5. The maximum absolute atomic E-state index is 14.5. The Bertz CT molecular complexity index is 814. The molecule has 0 radical (unpaired) electrons. The average molecular weight is 290 g/mol. The first-order valence-electron chi connectivity index (χ1n) is 7.49. The van der Waals surface area contributed by atoms with E-state index in [2.05, 4.69) is 26.0 Å². The summed E-state index contributed by atoms with van der Waals surface area (Å²) in [5, 5.41) is 0. The molecule has 0 spiro atoms. The van der Waals surface area contributed by atoms with Crippen LogP contribution in [0.5, 0.6) is 0 Å². The first kappa shape index (κ1) is 14.5. The van der Waals surface area contributed by atoms with Gasteiger partial charge in [0.1, 0.15) is 5.82 Å². The molecule has 110 valence electrons. The highest BCUT2D eigenvalue weighted by molar-refractivity contribution is 5.71. The van der Waals surface area contributed by atoms with Crippen molar-refractivity contribution in [3.63, 3.8) is 0 Å². The van der Waals surface area contributed by atoms with E-state index >= 15 is 0 Å². The van der Waals surface area contributed by atoms with Crippen molar-refractivity contribution in [1.82, 2.24) is 0 Å². The second-order valence-corrected chi connectivity index (χ2v) is 5.86. The van der Waals surface area contributed by atoms with Crippen LogP contribution in [0.1, 0.15) is 16.7 Å². The van der Waals surface area contributed by atoms with Gasteiger partial charge in [-0.05, 0) is 54.7 Å². The van der Waals surface area contributed by atoms with Crippen LogP contribution >= 0.6 is 0 Å². The van der Waals surface area contributed by atoms with Gasteiger partial charge in [-0.15, -0.1) is 0 Å². The lowest BCUT2D eigenvalue weighted by Gasteiger charge is -2.09. The van der Waals surface area contributed by atoms with E-state index in [1.54, 1.807) is 6.07 Å². The zero-order valence-corrected chi connectivity index (χ0v) is 13.2. The molecule has 22 heavy (non-hydrogen) atoms. The monoisotopic (exact) mass is 290 g/mol. The Hall–Kier alpha value is -2.41. The first-order valence-corrected chi connectivity index (χ1v) is 7.49. The van der Waals surface area contributed by atoms with Gasteiger partial charge in [-0.3, -0.25) is 0 Å². The van der Waals surface area contributed by atoms with E-state index in [1.165, 1.54) is 16.7 Å². The summed E-state index contributed by atoms with van der Waals surface area (Å²) in [7, 11) is 0. The van der Waals surface area contributed by atoms with Gasteiger partial charge in [-0.25, -0.2) is 4.39 Å². The molecule has 3 rings (SSSR count). The molecule has 0 atom stereocenters. The minimum Gasteiger partial charge on any atom is -0.206 e. The van der Waals surface area contributed by atoms with Crippen LogP contribution in [-0.2, 0) is 0 Å². The first-order chi connectivity index (χ1) is 10.5. The van der Waals surface area contributed by atoms with E-state index in [9.17, 15) is 4.39 Å². The Balaban J connectivity index is 2.01. The number of rotatable bonds is 2. The van der Waals surface area contributed by atoms with Crippen molar-refractivity contribution in [2.45, 2.75) is 20.8 Å². The lowest BCUT2D eigenvalue weighted by atomic mass is 9.97. The molecule has 0 N–H and O–H groups in total. The molecule has 0 bridgehead atoms. The van der Waals surface area contributed by atoms with Gasteiger partial charge < -0.3 is 0 Å². The zero-order chi connectivity index (χ0) is 15.7. The Morgan fingerprint density at radius 3 is 1.82 bits per heavy atom. The standard InChI is InChI=1S/C21H19F/c1-14-4-7-17(8-5-14)20-11-10-19(13-21(20)22)18-9-6-15(2)16(3)12-18/h4-13H,1-3H3. The highest BCUT2D eigenvalue weighted by atomic mass is 19.1. The predicted molar refractivity (Wildman–Crippen MR) is 91.5 cm³/mol. The van der Waals surface area contributed by atoms with Crippen molar-refractivity contribution in [2.24, 2.45) is 0 Å². The number of hydrogen-bond donors (Lipinski definition) is 0. The second-order valence-electron chi connectivity index (χ2n) is 5.86. The fourth-order valence-electron chi connectivity index (χ4n) is 2.58. The van der Waals surface area contributed by atoms with Gasteiger partial charge in [0.15, 0.2) is 0 Å². The van der Waals surface area contributed by atoms with Gasteiger partial charge in [0.25, 0.3) is 0 Å². The Labute approximate surface area is 131 Å². The molecule has 0 aliphatic rings. The average Bonchev–Trinajstić information content (AvgIpc) is 2.51. The fraction of sp³-hybridized carbons (Fsp3) is 0.143. The van der Waals surface area contributed by atoms with Crippen LogP contribution in [0.3, 0.4) is 0 Å². The lowest BCUT2D eigenvalue weighted by molar-refractivity contribution is 0.632. The number of benzene rings is 3. The predicted octanol–water partition coefficient (Wildman–Crippen LogP) is 6.08. The smallest absolute Gasteiger partial charge is 0.131 e. The summed E-state index contributed by atoms with van der Waals surface area (Å²) in [5.74, 6) is -0.181. The molecular weight excluding hydrogens is 271 g/mol. The maximum Gasteiger partial charge on any atom is 0.131 e. The van der Waals surface area contributed by atoms with Crippen molar-refractivity contribution >= 4 is 0 Å². The molecule has 0 aliphatic carbocycles. The molecule has 0 fully saturated rings. The molecule has 0 heterocycles. The van der Waals surface area contributed by atoms with Crippen molar-refractivity contribution in [2.75, 3.05) is 0 Å². The molecule has 1 heteroatoms. The Morgan fingerprint density at radius 1 is 0.591 bits per heavy atom. The van der Waals surface area contributed by atoms with Crippen molar-refractivity contribution in [3.8, 4) is 22.3 Å². The quantitative estimate of drug-likeness (QED) is 0.536. The molecule has 0 aliphatic heterocycles. The summed E-state index contributed by atoms with van der Waals surface area (Å²) in [6, 6.07) is 19.6. The molecule has 3 aromatic carbocycles. The molecule has 0 saturated carbocycles. The van der Waals surface area contributed by atoms with Crippen LogP contribution in [0.4, 0.5) is 4.39 Å². The van der Waals surface area contributed by atoms with Gasteiger partial charge in [-0.1, -0.05) is 60.2 Å². The molecular formula is C21H19F. The molecule has 0 nitrogen and oxygen atoms in total. The van der Waals surface area contributed by atoms with Crippen molar-refractivity contribution < 1.29 is 4.39 Å². The summed E-state index contributed by atoms with van der Waals surface area (Å²) in [6.45, 7) is 6.19. The number of halogens is 1. The summed E-state index contributed by atoms with van der Waals surface area (Å²) in [4.78, 5) is 0. The Kier molecular flexibility index (Phi) is 3.81. The Morgan fingerprint density at radius 2 is 1.18 bits per heavy atom. The van der Waals surface area contributed by atoms with Gasteiger partial charge in [0, 0.05) is 5.56 Å². The van der Waals surface area contributed by atoms with Crippen LogP contribution in [0.2, 0.25) is 0 Å². The summed E-state index contributed by atoms with van der Waals surface area (Å²) in [5.41, 5.74) is 7.17. The third-order valence-electron chi connectivity index (χ3n) is 4.17. The molecule has 0 amide bonds. The minimum atomic E-state index is -0.181. The van der Waals surface area contributed by atoms with E-state index in [-0.39, 0.29) is 5.82 Å². The highest BCUT2D eigenvalue weighted by Crippen LogP contribution is 2.29. The largest absolute Gasteiger partial charge is 0.206 e. The van der Waals surface area contributed by atoms with Crippen LogP contribution in [0.25, 0.3) is 22.3 Å². The van der Waals surface area contributed by atoms with Crippen LogP contribution < -0.4 is 0 Å². The normalized spacial score (nSPS) is 10.7. The number of aryl methyl sites for hydroxylation is 3. The second kappa shape index (κ2) is 5.76. The van der Waals surface area contributed by atoms with E-state index < -0.39 is 0 Å². The summed E-state index contributed by atoms with van der Waals surface area (Å²) >= 11 is 0. The lowest BCUT2D eigenvalue weighted by Crippen LogP contribution is -1.88. The number of hydrogen-bond acceptors (Lipinski definition) is 0. The van der Waals surface area contributed by atoms with E-state index in [1.807, 2.05) is 49.4 Å². The van der Waals surface area contributed by atoms with Crippen molar-refractivity contribution in [1.29, 1.82) is 0 Å². The van der Waals surface area contributed by atoms with E-state index in [0.29, 0.717) is 5.56 Å². The molecule has 0 aromatic heterocycles. The van der Waals surface area contributed by atoms with Gasteiger partial charge in [0.05, 0.1) is 0 Å². The van der Waals surface area contributed by atoms with Gasteiger partial charge >= 0.3 is 0 Å². The van der Waals surface area contributed by atoms with Crippen LogP contribution in [-0.4, -0.2) is 0 Å². The van der Waals surface area contributed by atoms with E-state index in [4.69, 9.17) is 0 Å². The van der Waals surface area contributed by atoms with E-state index in [0.717, 1.165) is 16.7 Å².